The van der Waals surface area contributed by atoms with E-state index in [1.54, 1.807) is 12.1 Å². The summed E-state index contributed by atoms with van der Waals surface area (Å²) in [6, 6.07) is 11.7. The second-order valence-corrected chi connectivity index (χ2v) is 5.51. The number of aryl methyl sites for hydroxylation is 1. The minimum atomic E-state index is 0.0591. The Morgan fingerprint density at radius 1 is 1.22 bits per heavy atom. The number of nitrogens with two attached hydrogens (primary N) is 1. The van der Waals surface area contributed by atoms with E-state index in [9.17, 15) is 4.79 Å². The fourth-order valence-electron chi connectivity index (χ4n) is 2.35. The van der Waals surface area contributed by atoms with E-state index in [2.05, 4.69) is 6.07 Å². The third-order valence-corrected chi connectivity index (χ3v) is 4.10. The normalized spacial score (nSPS) is 14.3. The van der Waals surface area contributed by atoms with E-state index >= 15 is 0 Å². The Morgan fingerprint density at radius 2 is 2.06 bits per heavy atom. The summed E-state index contributed by atoms with van der Waals surface area (Å²) < 4.78 is 0. The summed E-state index contributed by atoms with van der Waals surface area (Å²) in [5.41, 5.74) is 7.98. The van der Waals surface area contributed by atoms with Gasteiger partial charge in [0.1, 0.15) is 0 Å². The molecule has 0 fully saturated rings. The number of rotatable bonds is 1. The molecule has 0 saturated heterocycles. The molecule has 0 radical (unpaired) electrons. The van der Waals surface area contributed by atoms with Gasteiger partial charge >= 0.3 is 0 Å². The number of hydrogen-bond donors (Lipinski definition) is 1. The lowest BCUT2D eigenvalue weighted by Gasteiger charge is -2.29. The van der Waals surface area contributed by atoms with E-state index in [4.69, 9.17) is 5.73 Å². The first-order chi connectivity index (χ1) is 8.75. The molecule has 0 spiro atoms. The van der Waals surface area contributed by atoms with Crippen molar-refractivity contribution >= 4 is 27.9 Å². The Kier molecular flexibility index (Phi) is 2.80. The Morgan fingerprint density at radius 3 is 2.83 bits per heavy atom. The van der Waals surface area contributed by atoms with Crippen molar-refractivity contribution in [2.45, 2.75) is 12.8 Å². The number of nitrogen functional groups attached to an aromatic ring is 1. The molecule has 0 atom stereocenters. The predicted octanol–water partition coefficient (Wildman–Crippen LogP) is 2.92. The third kappa shape index (κ3) is 1.88. The second kappa shape index (κ2) is 4.46. The average molecular weight is 258 g/mol. The van der Waals surface area contributed by atoms with Crippen LogP contribution < -0.4 is 10.6 Å². The van der Waals surface area contributed by atoms with E-state index in [0.717, 1.165) is 25.1 Å². The maximum atomic E-state index is 12.5. The molecular weight excluding hydrogens is 244 g/mol. The van der Waals surface area contributed by atoms with E-state index in [1.165, 1.54) is 16.9 Å². The fourth-order valence-corrected chi connectivity index (χ4v) is 3.07. The second-order valence-electron chi connectivity index (χ2n) is 4.39. The lowest BCUT2D eigenvalue weighted by atomic mass is 10.0. The number of nitrogens with zero attached hydrogens (tertiary/aromatic N) is 1. The van der Waals surface area contributed by atoms with Gasteiger partial charge in [0.15, 0.2) is 0 Å². The Balaban J connectivity index is 1.96. The van der Waals surface area contributed by atoms with Crippen molar-refractivity contribution in [3.8, 4) is 0 Å². The largest absolute Gasteiger partial charge is 0.391 e. The average Bonchev–Trinajstić information content (AvgIpc) is 2.84. The standard InChI is InChI=1S/C14H14N2OS/c15-13-8-7-12(18-13)14(17)16-9-3-5-10-4-1-2-6-11(10)16/h1-2,4,6-8H,3,5,9,15H2. The molecule has 2 aromatic rings. The van der Waals surface area contributed by atoms with E-state index < -0.39 is 0 Å². The zero-order chi connectivity index (χ0) is 12.5. The highest BCUT2D eigenvalue weighted by molar-refractivity contribution is 7.17. The minimum absolute atomic E-state index is 0.0591. The number of hydrogen-bond acceptors (Lipinski definition) is 3. The number of para-hydroxylation sites is 1. The van der Waals surface area contributed by atoms with Gasteiger partial charge in [0.2, 0.25) is 0 Å². The van der Waals surface area contributed by atoms with Gasteiger partial charge in [-0.25, -0.2) is 0 Å². The third-order valence-electron chi connectivity index (χ3n) is 3.19. The molecule has 1 aromatic heterocycles. The molecule has 18 heavy (non-hydrogen) atoms. The first kappa shape index (κ1) is 11.3. The van der Waals surface area contributed by atoms with Gasteiger partial charge in [0.25, 0.3) is 5.91 Å². The van der Waals surface area contributed by atoms with Crippen LogP contribution in [0.4, 0.5) is 10.7 Å². The van der Waals surface area contributed by atoms with Gasteiger partial charge in [0.05, 0.1) is 9.88 Å². The first-order valence-corrected chi connectivity index (χ1v) is 6.82. The molecule has 0 saturated carbocycles. The number of carbonyl (C=O) groups is 1. The van der Waals surface area contributed by atoms with Crippen LogP contribution in [0.3, 0.4) is 0 Å². The summed E-state index contributed by atoms with van der Waals surface area (Å²) in [5, 5.41) is 0.684. The van der Waals surface area contributed by atoms with E-state index in [-0.39, 0.29) is 5.91 Å². The van der Waals surface area contributed by atoms with E-state index in [0.29, 0.717) is 9.88 Å². The van der Waals surface area contributed by atoms with Crippen LogP contribution in [0.25, 0.3) is 0 Å². The highest BCUT2D eigenvalue weighted by Gasteiger charge is 2.23. The van der Waals surface area contributed by atoms with Crippen molar-refractivity contribution in [3.05, 3.63) is 46.8 Å². The van der Waals surface area contributed by atoms with Gasteiger partial charge in [-0.05, 0) is 36.6 Å². The van der Waals surface area contributed by atoms with Crippen LogP contribution in [0, 0.1) is 0 Å². The van der Waals surface area contributed by atoms with Crippen molar-refractivity contribution in [3.63, 3.8) is 0 Å². The zero-order valence-electron chi connectivity index (χ0n) is 9.93. The van der Waals surface area contributed by atoms with Gasteiger partial charge in [-0.1, -0.05) is 18.2 Å². The molecule has 1 aliphatic heterocycles. The van der Waals surface area contributed by atoms with Crippen molar-refractivity contribution in [1.82, 2.24) is 0 Å². The van der Waals surface area contributed by atoms with Crippen molar-refractivity contribution in [2.75, 3.05) is 17.2 Å². The van der Waals surface area contributed by atoms with Crippen LogP contribution in [0.2, 0.25) is 0 Å². The highest BCUT2D eigenvalue weighted by atomic mass is 32.1. The Labute approximate surface area is 110 Å². The van der Waals surface area contributed by atoms with E-state index in [1.807, 2.05) is 23.1 Å². The Hall–Kier alpha value is -1.81. The van der Waals surface area contributed by atoms with Crippen LogP contribution in [0.1, 0.15) is 21.7 Å². The lowest BCUT2D eigenvalue weighted by molar-refractivity contribution is 0.0989. The van der Waals surface area contributed by atoms with Crippen LogP contribution >= 0.6 is 11.3 Å². The monoisotopic (exact) mass is 258 g/mol. The van der Waals surface area contributed by atoms with Crippen LogP contribution in [0.15, 0.2) is 36.4 Å². The number of thiophene rings is 1. The molecule has 4 heteroatoms. The van der Waals surface area contributed by atoms with Gasteiger partial charge in [-0.3, -0.25) is 4.79 Å². The number of fused-ring (bicyclic) bond motifs is 1. The first-order valence-electron chi connectivity index (χ1n) is 6.01. The van der Waals surface area contributed by atoms with Crippen LogP contribution in [0.5, 0.6) is 0 Å². The summed E-state index contributed by atoms with van der Waals surface area (Å²) in [7, 11) is 0. The summed E-state index contributed by atoms with van der Waals surface area (Å²) in [5.74, 6) is 0.0591. The molecule has 0 bridgehead atoms. The van der Waals surface area contributed by atoms with Crippen LogP contribution in [-0.4, -0.2) is 12.5 Å². The summed E-state index contributed by atoms with van der Waals surface area (Å²) in [6.45, 7) is 0.785. The van der Waals surface area contributed by atoms with Gasteiger partial charge in [0, 0.05) is 12.2 Å². The molecule has 1 aliphatic rings. The van der Waals surface area contributed by atoms with Crippen LogP contribution in [-0.2, 0) is 6.42 Å². The fraction of sp³-hybridized carbons (Fsp3) is 0.214. The highest BCUT2D eigenvalue weighted by Crippen LogP contribution is 2.29. The molecule has 1 aromatic carbocycles. The van der Waals surface area contributed by atoms with Gasteiger partial charge < -0.3 is 10.6 Å². The van der Waals surface area contributed by atoms with Crippen molar-refractivity contribution in [2.24, 2.45) is 0 Å². The summed E-state index contributed by atoms with van der Waals surface area (Å²) in [6.07, 6.45) is 2.07. The summed E-state index contributed by atoms with van der Waals surface area (Å²) >= 11 is 1.35. The lowest BCUT2D eigenvalue weighted by Crippen LogP contribution is -2.34. The molecular formula is C14H14N2OS. The maximum Gasteiger partial charge on any atom is 0.268 e. The molecule has 3 nitrogen and oxygen atoms in total. The van der Waals surface area contributed by atoms with Crippen molar-refractivity contribution in [1.29, 1.82) is 0 Å². The smallest absolute Gasteiger partial charge is 0.268 e. The molecule has 0 aliphatic carbocycles. The van der Waals surface area contributed by atoms with Gasteiger partial charge in [-0.2, -0.15) is 0 Å². The molecule has 2 heterocycles. The summed E-state index contributed by atoms with van der Waals surface area (Å²) in [4.78, 5) is 15.0. The number of benzene rings is 1. The molecule has 0 unspecified atom stereocenters. The van der Waals surface area contributed by atoms with Gasteiger partial charge in [-0.15, -0.1) is 11.3 Å². The number of carbonyl (C=O) groups excluding carboxylic acids is 1. The number of amides is 1. The maximum absolute atomic E-state index is 12.5. The predicted molar refractivity (Wildman–Crippen MR) is 75.2 cm³/mol. The molecule has 2 N–H and O–H groups in total. The quantitative estimate of drug-likeness (QED) is 0.855. The molecule has 3 rings (SSSR count). The SMILES string of the molecule is Nc1ccc(C(=O)N2CCCc3ccccc32)s1. The topological polar surface area (TPSA) is 46.3 Å². The minimum Gasteiger partial charge on any atom is -0.391 e. The molecule has 1 amide bonds. The number of anilines is 2. The zero-order valence-corrected chi connectivity index (χ0v) is 10.7. The van der Waals surface area contributed by atoms with Crippen molar-refractivity contribution < 1.29 is 4.79 Å². The molecule has 92 valence electrons. The Bertz CT molecular complexity index is 591.